The highest BCUT2D eigenvalue weighted by molar-refractivity contribution is 5.72. The number of hydrogen-bond donors (Lipinski definition) is 3. The minimum atomic E-state index is -0.243. The third-order valence-corrected chi connectivity index (χ3v) is 3.79. The maximum atomic E-state index is 10.8. The van der Waals surface area contributed by atoms with Gasteiger partial charge in [0.15, 0.2) is 0 Å². The van der Waals surface area contributed by atoms with Crippen molar-refractivity contribution in [1.29, 1.82) is 0 Å². The predicted octanol–water partition coefficient (Wildman–Crippen LogP) is 0.179. The summed E-state index contributed by atoms with van der Waals surface area (Å²) in [6, 6.07) is 0.176. The maximum Gasteiger partial charge on any atom is 0.216 e. The summed E-state index contributed by atoms with van der Waals surface area (Å²) < 4.78 is 0. The fraction of sp³-hybridized carbons (Fsp3) is 0.929. The largest absolute Gasteiger partial charge is 0.393 e. The van der Waals surface area contributed by atoms with Crippen molar-refractivity contribution in [3.63, 3.8) is 0 Å². The highest BCUT2D eigenvalue weighted by Gasteiger charge is 2.27. The summed E-state index contributed by atoms with van der Waals surface area (Å²) in [5.74, 6) is 0.762. The Morgan fingerprint density at radius 2 is 2.16 bits per heavy atom. The average Bonchev–Trinajstić information content (AvgIpc) is 2.27. The summed E-state index contributed by atoms with van der Waals surface area (Å²) in [4.78, 5) is 13.1. The van der Waals surface area contributed by atoms with E-state index in [2.05, 4.69) is 10.2 Å². The van der Waals surface area contributed by atoms with Gasteiger partial charge in [-0.25, -0.2) is 0 Å². The highest BCUT2D eigenvalue weighted by atomic mass is 16.3. The second kappa shape index (κ2) is 7.82. The maximum absolute atomic E-state index is 10.8. The zero-order valence-corrected chi connectivity index (χ0v) is 12.4. The normalized spacial score (nSPS) is 26.4. The van der Waals surface area contributed by atoms with Crippen LogP contribution in [0.1, 0.15) is 33.6 Å². The molecular weight excluding hydrogens is 242 g/mol. The van der Waals surface area contributed by atoms with Gasteiger partial charge in [0, 0.05) is 39.1 Å². The summed E-state index contributed by atoms with van der Waals surface area (Å²) in [6.07, 6.45) is 1.56. The van der Waals surface area contributed by atoms with Crippen LogP contribution in [-0.4, -0.2) is 54.2 Å². The Morgan fingerprint density at radius 1 is 1.47 bits per heavy atom. The number of aliphatic hydroxyl groups excluding tert-OH is 1. The van der Waals surface area contributed by atoms with Crippen LogP contribution < -0.4 is 11.1 Å². The van der Waals surface area contributed by atoms with Gasteiger partial charge in [0.2, 0.25) is 5.91 Å². The second-order valence-electron chi connectivity index (χ2n) is 6.15. The number of nitrogens with one attached hydrogen (secondary N) is 1. The van der Waals surface area contributed by atoms with Gasteiger partial charge in [-0.2, -0.15) is 0 Å². The van der Waals surface area contributed by atoms with Gasteiger partial charge in [-0.15, -0.1) is 0 Å². The van der Waals surface area contributed by atoms with Crippen molar-refractivity contribution >= 4 is 5.91 Å². The third kappa shape index (κ3) is 6.36. The number of aliphatic hydroxyl groups is 1. The Hall–Kier alpha value is -0.650. The van der Waals surface area contributed by atoms with E-state index < -0.39 is 0 Å². The van der Waals surface area contributed by atoms with Gasteiger partial charge in [-0.3, -0.25) is 9.69 Å². The topological polar surface area (TPSA) is 78.6 Å². The van der Waals surface area contributed by atoms with E-state index in [1.807, 2.05) is 13.8 Å². The van der Waals surface area contributed by atoms with Gasteiger partial charge in [0.25, 0.3) is 0 Å². The summed E-state index contributed by atoms with van der Waals surface area (Å²) in [5.41, 5.74) is 6.09. The molecule has 1 saturated heterocycles. The Kier molecular flexibility index (Phi) is 6.75. The first kappa shape index (κ1) is 16.4. The van der Waals surface area contributed by atoms with E-state index in [0.29, 0.717) is 18.4 Å². The molecule has 1 aliphatic heterocycles. The SMILES string of the molecule is CC(=O)NCCN1CC(N)CC(CC(O)C(C)C)C1. The number of rotatable bonds is 6. The Labute approximate surface area is 116 Å². The van der Waals surface area contributed by atoms with Crippen molar-refractivity contribution in [2.24, 2.45) is 17.6 Å². The van der Waals surface area contributed by atoms with Gasteiger partial charge >= 0.3 is 0 Å². The minimum Gasteiger partial charge on any atom is -0.393 e. The van der Waals surface area contributed by atoms with Crippen LogP contribution in [0.5, 0.6) is 0 Å². The molecule has 1 amide bonds. The van der Waals surface area contributed by atoms with Gasteiger partial charge in [-0.05, 0) is 24.7 Å². The van der Waals surface area contributed by atoms with Gasteiger partial charge in [-0.1, -0.05) is 13.8 Å². The first-order chi connectivity index (χ1) is 8.88. The van der Waals surface area contributed by atoms with Crippen LogP contribution in [0.15, 0.2) is 0 Å². The van der Waals surface area contributed by atoms with Crippen molar-refractivity contribution in [3.8, 4) is 0 Å². The zero-order chi connectivity index (χ0) is 14.4. The summed E-state index contributed by atoms with van der Waals surface area (Å²) in [7, 11) is 0. The molecule has 1 heterocycles. The van der Waals surface area contributed by atoms with Crippen molar-refractivity contribution < 1.29 is 9.90 Å². The van der Waals surface area contributed by atoms with Gasteiger partial charge in [0.1, 0.15) is 0 Å². The molecule has 5 nitrogen and oxygen atoms in total. The van der Waals surface area contributed by atoms with E-state index in [1.54, 1.807) is 0 Å². The van der Waals surface area contributed by atoms with E-state index >= 15 is 0 Å². The molecule has 112 valence electrons. The lowest BCUT2D eigenvalue weighted by Crippen LogP contribution is -2.49. The standard InChI is InChI=1S/C14H29N3O2/c1-10(2)14(19)7-12-6-13(15)9-17(8-12)5-4-16-11(3)18/h10,12-14,19H,4-9,15H2,1-3H3,(H,16,18). The number of carbonyl (C=O) groups is 1. The molecule has 0 spiro atoms. The first-order valence-corrected chi connectivity index (χ1v) is 7.29. The Balaban J connectivity index is 2.37. The summed E-state index contributed by atoms with van der Waals surface area (Å²) in [6.45, 7) is 8.97. The van der Waals surface area contributed by atoms with E-state index in [4.69, 9.17) is 5.73 Å². The molecule has 0 saturated carbocycles. The number of hydrogen-bond acceptors (Lipinski definition) is 4. The van der Waals surface area contributed by atoms with Crippen molar-refractivity contribution in [2.75, 3.05) is 26.2 Å². The van der Waals surface area contributed by atoms with Crippen LogP contribution in [0.4, 0.5) is 0 Å². The molecule has 19 heavy (non-hydrogen) atoms. The van der Waals surface area contributed by atoms with E-state index in [-0.39, 0.29) is 18.1 Å². The van der Waals surface area contributed by atoms with E-state index in [9.17, 15) is 9.90 Å². The quantitative estimate of drug-likeness (QED) is 0.644. The molecule has 0 aromatic carbocycles. The average molecular weight is 271 g/mol. The molecule has 1 aliphatic rings. The molecular formula is C14H29N3O2. The van der Waals surface area contributed by atoms with E-state index in [0.717, 1.165) is 32.5 Å². The number of amides is 1. The number of likely N-dealkylation sites (tertiary alicyclic amines) is 1. The number of nitrogens with two attached hydrogens (primary N) is 1. The number of piperidine rings is 1. The van der Waals surface area contributed by atoms with Crippen LogP contribution >= 0.6 is 0 Å². The fourth-order valence-corrected chi connectivity index (χ4v) is 2.71. The number of carbonyl (C=O) groups excluding carboxylic acids is 1. The lowest BCUT2D eigenvalue weighted by molar-refractivity contribution is -0.119. The molecule has 0 aromatic heterocycles. The second-order valence-corrected chi connectivity index (χ2v) is 6.15. The van der Waals surface area contributed by atoms with Crippen LogP contribution in [0, 0.1) is 11.8 Å². The van der Waals surface area contributed by atoms with Crippen molar-refractivity contribution in [3.05, 3.63) is 0 Å². The monoisotopic (exact) mass is 271 g/mol. The Bertz CT molecular complexity index is 284. The van der Waals surface area contributed by atoms with Crippen LogP contribution in [0.25, 0.3) is 0 Å². The molecule has 4 N–H and O–H groups in total. The molecule has 5 heteroatoms. The molecule has 0 bridgehead atoms. The zero-order valence-electron chi connectivity index (χ0n) is 12.4. The smallest absolute Gasteiger partial charge is 0.216 e. The van der Waals surface area contributed by atoms with Crippen LogP contribution in [-0.2, 0) is 4.79 Å². The third-order valence-electron chi connectivity index (χ3n) is 3.79. The Morgan fingerprint density at radius 3 is 2.74 bits per heavy atom. The summed E-state index contributed by atoms with van der Waals surface area (Å²) in [5, 5.41) is 12.8. The highest BCUT2D eigenvalue weighted by Crippen LogP contribution is 2.22. The summed E-state index contributed by atoms with van der Waals surface area (Å²) >= 11 is 0. The van der Waals surface area contributed by atoms with Crippen molar-refractivity contribution in [2.45, 2.75) is 45.8 Å². The molecule has 3 unspecified atom stereocenters. The molecule has 0 aromatic rings. The molecule has 3 atom stereocenters. The predicted molar refractivity (Wildman–Crippen MR) is 76.7 cm³/mol. The lowest BCUT2D eigenvalue weighted by Gasteiger charge is -2.37. The molecule has 1 rings (SSSR count). The molecule has 1 fully saturated rings. The molecule has 0 aliphatic carbocycles. The fourth-order valence-electron chi connectivity index (χ4n) is 2.71. The van der Waals surface area contributed by atoms with Gasteiger partial charge in [0.05, 0.1) is 6.10 Å². The first-order valence-electron chi connectivity index (χ1n) is 7.29. The minimum absolute atomic E-state index is 0.00749. The lowest BCUT2D eigenvalue weighted by atomic mass is 9.87. The van der Waals surface area contributed by atoms with Crippen molar-refractivity contribution in [1.82, 2.24) is 10.2 Å². The molecule has 0 radical (unpaired) electrons. The van der Waals surface area contributed by atoms with E-state index in [1.165, 1.54) is 6.92 Å². The van der Waals surface area contributed by atoms with Crippen LogP contribution in [0.2, 0.25) is 0 Å². The van der Waals surface area contributed by atoms with Gasteiger partial charge < -0.3 is 16.2 Å². The number of nitrogens with zero attached hydrogens (tertiary/aromatic N) is 1. The van der Waals surface area contributed by atoms with Crippen LogP contribution in [0.3, 0.4) is 0 Å².